The Hall–Kier alpha value is -1.46. The van der Waals surface area contributed by atoms with Crippen molar-refractivity contribution in [3.63, 3.8) is 0 Å². The molecule has 116 valence electrons. The summed E-state index contributed by atoms with van der Waals surface area (Å²) in [6.07, 6.45) is 0.426. The first-order valence-corrected chi connectivity index (χ1v) is 7.42. The fraction of sp³-hybridized carbons (Fsp3) is 0.500. The number of anilines is 1. The zero-order chi connectivity index (χ0) is 16.0. The van der Waals surface area contributed by atoms with E-state index in [4.69, 9.17) is 22.7 Å². The average molecular weight is 308 g/mol. The van der Waals surface area contributed by atoms with Crippen LogP contribution in [0.5, 0.6) is 0 Å². The Bertz CT molecular complexity index is 492. The third-order valence-electron chi connectivity index (χ3n) is 3.03. The largest absolute Gasteiger partial charge is 0.389 e. The second-order valence-corrected chi connectivity index (χ2v) is 6.69. The monoisotopic (exact) mass is 308 g/mol. The highest BCUT2D eigenvalue weighted by Crippen LogP contribution is 2.18. The summed E-state index contributed by atoms with van der Waals surface area (Å²) in [5.41, 5.74) is 7.20. The van der Waals surface area contributed by atoms with E-state index in [0.717, 1.165) is 12.0 Å². The summed E-state index contributed by atoms with van der Waals surface area (Å²) in [7, 11) is 0. The molecule has 3 N–H and O–H groups in total. The van der Waals surface area contributed by atoms with E-state index in [1.807, 2.05) is 0 Å². The fourth-order valence-corrected chi connectivity index (χ4v) is 1.72. The van der Waals surface area contributed by atoms with E-state index >= 15 is 0 Å². The number of ether oxygens (including phenoxy) is 1. The molecule has 0 aliphatic heterocycles. The maximum atomic E-state index is 12.0. The van der Waals surface area contributed by atoms with Crippen LogP contribution in [0.4, 0.5) is 5.69 Å². The number of hydrogen-bond acceptors (Lipinski definition) is 3. The maximum Gasteiger partial charge on any atom is 0.253 e. The molecule has 0 saturated heterocycles. The number of nitrogens with two attached hydrogens (primary N) is 1. The standard InChI is InChI=1S/C16H24N2O2S/c1-11(20-10-9-16(2,3)4)15(19)18-13-7-5-12(6-8-13)14(17)21/h5-8,11H,9-10H2,1-4H3,(H2,17,21)(H,18,19). The Kier molecular flexibility index (Phi) is 6.30. The molecule has 0 aliphatic carbocycles. The molecule has 0 aliphatic rings. The molecule has 1 aromatic carbocycles. The maximum absolute atomic E-state index is 12.0. The summed E-state index contributed by atoms with van der Waals surface area (Å²) < 4.78 is 5.56. The first-order chi connectivity index (χ1) is 9.69. The van der Waals surface area contributed by atoms with Crippen LogP contribution in [0.1, 0.15) is 39.7 Å². The number of amides is 1. The van der Waals surface area contributed by atoms with Crippen molar-refractivity contribution in [1.29, 1.82) is 0 Å². The van der Waals surface area contributed by atoms with Gasteiger partial charge in [-0.25, -0.2) is 0 Å². The van der Waals surface area contributed by atoms with Crippen LogP contribution in [0, 0.1) is 5.41 Å². The first kappa shape index (κ1) is 17.6. The Labute approximate surface area is 132 Å². The summed E-state index contributed by atoms with van der Waals surface area (Å²) in [5.74, 6) is -0.160. The molecule has 1 unspecified atom stereocenters. The van der Waals surface area contributed by atoms with Crippen LogP contribution >= 0.6 is 12.2 Å². The number of nitrogens with one attached hydrogen (secondary N) is 1. The number of rotatable bonds is 6. The quantitative estimate of drug-likeness (QED) is 0.793. The van der Waals surface area contributed by atoms with Crippen LogP contribution in [0.15, 0.2) is 24.3 Å². The fourth-order valence-electron chi connectivity index (χ4n) is 1.58. The van der Waals surface area contributed by atoms with Crippen LogP contribution in [-0.4, -0.2) is 23.6 Å². The number of hydrogen-bond donors (Lipinski definition) is 2. The molecule has 1 aromatic rings. The summed E-state index contributed by atoms with van der Waals surface area (Å²) in [6.45, 7) is 8.75. The Morgan fingerprint density at radius 3 is 2.38 bits per heavy atom. The molecule has 0 bridgehead atoms. The summed E-state index contributed by atoms with van der Waals surface area (Å²) in [4.78, 5) is 12.3. The van der Waals surface area contributed by atoms with Crippen molar-refractivity contribution in [2.75, 3.05) is 11.9 Å². The van der Waals surface area contributed by atoms with Crippen LogP contribution in [-0.2, 0) is 9.53 Å². The van der Waals surface area contributed by atoms with Gasteiger partial charge in [0.15, 0.2) is 0 Å². The predicted octanol–water partition coefficient (Wildman–Crippen LogP) is 3.10. The molecule has 1 atom stereocenters. The van der Waals surface area contributed by atoms with E-state index < -0.39 is 6.10 Å². The van der Waals surface area contributed by atoms with Crippen molar-refractivity contribution in [1.82, 2.24) is 0 Å². The van der Waals surface area contributed by atoms with Gasteiger partial charge in [-0.15, -0.1) is 0 Å². The van der Waals surface area contributed by atoms with Gasteiger partial charge in [0.1, 0.15) is 11.1 Å². The summed E-state index contributed by atoms with van der Waals surface area (Å²) in [5, 5.41) is 2.81. The van der Waals surface area contributed by atoms with Gasteiger partial charge in [-0.2, -0.15) is 0 Å². The van der Waals surface area contributed by atoms with Crippen molar-refractivity contribution >= 4 is 28.8 Å². The summed E-state index contributed by atoms with van der Waals surface area (Å²) >= 11 is 4.88. The molecule has 1 amide bonds. The lowest BCUT2D eigenvalue weighted by Gasteiger charge is -2.20. The van der Waals surface area contributed by atoms with Crippen molar-refractivity contribution in [2.24, 2.45) is 11.1 Å². The van der Waals surface area contributed by atoms with Crippen molar-refractivity contribution in [2.45, 2.75) is 40.2 Å². The van der Waals surface area contributed by atoms with Crippen molar-refractivity contribution in [3.8, 4) is 0 Å². The van der Waals surface area contributed by atoms with Crippen LogP contribution in [0.25, 0.3) is 0 Å². The predicted molar refractivity (Wildman–Crippen MR) is 90.4 cm³/mol. The minimum absolute atomic E-state index is 0.160. The molecular weight excluding hydrogens is 284 g/mol. The Balaban J connectivity index is 2.46. The first-order valence-electron chi connectivity index (χ1n) is 7.01. The lowest BCUT2D eigenvalue weighted by atomic mass is 9.93. The SMILES string of the molecule is CC(OCCC(C)(C)C)C(=O)Nc1ccc(C(N)=S)cc1. The van der Waals surface area contributed by atoms with E-state index in [1.165, 1.54) is 0 Å². The van der Waals surface area contributed by atoms with E-state index in [1.54, 1.807) is 31.2 Å². The topological polar surface area (TPSA) is 64.3 Å². The van der Waals surface area contributed by atoms with Crippen LogP contribution < -0.4 is 11.1 Å². The lowest BCUT2D eigenvalue weighted by Crippen LogP contribution is -2.28. The Morgan fingerprint density at radius 1 is 1.33 bits per heavy atom. The van der Waals surface area contributed by atoms with E-state index in [-0.39, 0.29) is 11.3 Å². The zero-order valence-corrected chi connectivity index (χ0v) is 13.9. The van der Waals surface area contributed by atoms with E-state index in [0.29, 0.717) is 17.3 Å². The highest BCUT2D eigenvalue weighted by Gasteiger charge is 2.16. The third kappa shape index (κ3) is 6.69. The van der Waals surface area contributed by atoms with Gasteiger partial charge in [0.05, 0.1) is 0 Å². The molecule has 21 heavy (non-hydrogen) atoms. The highest BCUT2D eigenvalue weighted by molar-refractivity contribution is 7.80. The smallest absolute Gasteiger partial charge is 0.253 e. The lowest BCUT2D eigenvalue weighted by molar-refractivity contribution is -0.126. The van der Waals surface area contributed by atoms with Gasteiger partial charge in [-0.3, -0.25) is 4.79 Å². The molecule has 5 heteroatoms. The molecular formula is C16H24N2O2S. The summed E-state index contributed by atoms with van der Waals surface area (Å²) in [6, 6.07) is 7.11. The number of carbonyl (C=O) groups excluding carboxylic acids is 1. The van der Waals surface area contributed by atoms with Gasteiger partial charge in [0.2, 0.25) is 0 Å². The second-order valence-electron chi connectivity index (χ2n) is 6.25. The normalized spacial score (nSPS) is 12.8. The Morgan fingerprint density at radius 2 is 1.90 bits per heavy atom. The molecule has 0 heterocycles. The van der Waals surface area contributed by atoms with Gasteiger partial charge < -0.3 is 15.8 Å². The van der Waals surface area contributed by atoms with Gasteiger partial charge >= 0.3 is 0 Å². The molecule has 0 saturated carbocycles. The molecule has 4 nitrogen and oxygen atoms in total. The molecule has 0 radical (unpaired) electrons. The van der Waals surface area contributed by atoms with Crippen LogP contribution in [0.3, 0.4) is 0 Å². The highest BCUT2D eigenvalue weighted by atomic mass is 32.1. The van der Waals surface area contributed by atoms with Crippen LogP contribution in [0.2, 0.25) is 0 Å². The number of benzene rings is 1. The third-order valence-corrected chi connectivity index (χ3v) is 3.26. The minimum Gasteiger partial charge on any atom is -0.389 e. The molecule has 0 fully saturated rings. The molecule has 0 spiro atoms. The van der Waals surface area contributed by atoms with E-state index in [2.05, 4.69) is 26.1 Å². The number of thiocarbonyl (C=S) groups is 1. The van der Waals surface area contributed by atoms with E-state index in [9.17, 15) is 4.79 Å². The van der Waals surface area contributed by atoms with Gasteiger partial charge in [-0.05, 0) is 43.0 Å². The second kappa shape index (κ2) is 7.52. The molecule has 1 rings (SSSR count). The number of carbonyl (C=O) groups is 1. The van der Waals surface area contributed by atoms with Gasteiger partial charge in [0.25, 0.3) is 5.91 Å². The van der Waals surface area contributed by atoms with Crippen molar-refractivity contribution in [3.05, 3.63) is 29.8 Å². The van der Waals surface area contributed by atoms with Crippen molar-refractivity contribution < 1.29 is 9.53 Å². The molecule has 0 aromatic heterocycles. The zero-order valence-electron chi connectivity index (χ0n) is 13.1. The minimum atomic E-state index is -0.484. The van der Waals surface area contributed by atoms with Gasteiger partial charge in [-0.1, -0.05) is 33.0 Å². The average Bonchev–Trinajstić information content (AvgIpc) is 2.37. The van der Waals surface area contributed by atoms with Gasteiger partial charge in [0, 0.05) is 17.9 Å².